The van der Waals surface area contributed by atoms with E-state index in [1.165, 1.54) is 11.3 Å². The average Bonchev–Trinajstić information content (AvgIpc) is 3.35. The Morgan fingerprint density at radius 3 is 2.28 bits per heavy atom. The van der Waals surface area contributed by atoms with Gasteiger partial charge in [0.15, 0.2) is 0 Å². The van der Waals surface area contributed by atoms with Crippen LogP contribution < -0.4 is 11.1 Å². The Morgan fingerprint density at radius 2 is 1.69 bits per heavy atom. The largest absolute Gasteiger partial charge is 0.481 e. The molecule has 2 aliphatic carbocycles. The van der Waals surface area contributed by atoms with Crippen LogP contribution >= 0.6 is 11.3 Å². The number of rotatable bonds is 5. The number of benzene rings is 1. The van der Waals surface area contributed by atoms with E-state index >= 15 is 0 Å². The summed E-state index contributed by atoms with van der Waals surface area (Å²) in [6.45, 7) is 3.86. The number of fused-ring (bicyclic) bond motifs is 2. The van der Waals surface area contributed by atoms with Crippen LogP contribution in [0.4, 0.5) is 5.00 Å². The van der Waals surface area contributed by atoms with Gasteiger partial charge in [-0.05, 0) is 37.7 Å². The van der Waals surface area contributed by atoms with Gasteiger partial charge in [0, 0.05) is 10.4 Å². The Morgan fingerprint density at radius 1 is 1.07 bits per heavy atom. The lowest BCUT2D eigenvalue weighted by Crippen LogP contribution is -2.36. The second kappa shape index (κ2) is 7.15. The monoisotopic (exact) mass is 410 g/mol. The standard InChI is InChI=1S/C22H22N2O4S/c1-10-3-5-12(6-4-10)15-11(2)29-21(18(15)19(23)25)24-20(26)16-13-7-8-14(9-13)17(16)22(27)28/h3-8,13-14,16-17H,9H2,1-2H3,(H2,23,25)(H,24,26)(H,27,28)/t13-,14-,16+,17+/m0/s1. The first-order valence-electron chi connectivity index (χ1n) is 9.50. The minimum atomic E-state index is -0.958. The third kappa shape index (κ3) is 3.25. The lowest BCUT2D eigenvalue weighted by molar-refractivity contribution is -0.146. The fraction of sp³-hybridized carbons (Fsp3) is 0.318. The number of anilines is 1. The first-order chi connectivity index (χ1) is 13.8. The number of allylic oxidation sites excluding steroid dienone is 2. The highest BCUT2D eigenvalue weighted by Crippen LogP contribution is 2.49. The molecule has 4 N–H and O–H groups in total. The van der Waals surface area contributed by atoms with Crippen LogP contribution in [0.2, 0.25) is 0 Å². The molecule has 0 aliphatic heterocycles. The van der Waals surface area contributed by atoms with E-state index < -0.39 is 23.7 Å². The zero-order valence-corrected chi connectivity index (χ0v) is 17.0. The zero-order valence-electron chi connectivity index (χ0n) is 16.1. The van der Waals surface area contributed by atoms with Crippen LogP contribution in [0.3, 0.4) is 0 Å². The summed E-state index contributed by atoms with van der Waals surface area (Å²) in [5.41, 5.74) is 8.60. The minimum Gasteiger partial charge on any atom is -0.481 e. The Kier molecular flexibility index (Phi) is 4.78. The number of amides is 2. The van der Waals surface area contributed by atoms with E-state index in [1.807, 2.05) is 50.3 Å². The average molecular weight is 410 g/mol. The molecular formula is C22H22N2O4S. The molecule has 0 radical (unpaired) electrons. The molecule has 4 atom stereocenters. The molecule has 7 heteroatoms. The number of hydrogen-bond donors (Lipinski definition) is 3. The Labute approximate surface area is 172 Å². The molecule has 0 saturated heterocycles. The van der Waals surface area contributed by atoms with Gasteiger partial charge in [-0.1, -0.05) is 42.0 Å². The van der Waals surface area contributed by atoms with Crippen LogP contribution in [0.1, 0.15) is 27.2 Å². The molecule has 6 nitrogen and oxygen atoms in total. The normalized spacial score (nSPS) is 24.6. The van der Waals surface area contributed by atoms with Crippen molar-refractivity contribution in [3.63, 3.8) is 0 Å². The third-order valence-corrected chi connectivity index (χ3v) is 6.98. The fourth-order valence-corrected chi connectivity index (χ4v) is 5.73. The summed E-state index contributed by atoms with van der Waals surface area (Å²) in [4.78, 5) is 37.9. The number of thiophene rings is 1. The SMILES string of the molecule is Cc1ccc(-c2c(C)sc(NC(=O)[C@H]3[C@H](C(=O)O)[C@H]4C=C[C@H]3C4)c2C(N)=O)cc1. The van der Waals surface area contributed by atoms with E-state index in [1.54, 1.807) is 0 Å². The minimum absolute atomic E-state index is 0.0873. The van der Waals surface area contributed by atoms with Gasteiger partial charge in [0.25, 0.3) is 5.91 Å². The van der Waals surface area contributed by atoms with Gasteiger partial charge in [0.05, 0.1) is 17.4 Å². The van der Waals surface area contributed by atoms with Crippen molar-refractivity contribution in [1.29, 1.82) is 0 Å². The van der Waals surface area contributed by atoms with Gasteiger partial charge in [-0.3, -0.25) is 14.4 Å². The van der Waals surface area contributed by atoms with Crippen molar-refractivity contribution >= 4 is 34.1 Å². The number of carbonyl (C=O) groups excluding carboxylic acids is 2. The smallest absolute Gasteiger partial charge is 0.307 e. The van der Waals surface area contributed by atoms with Crippen molar-refractivity contribution in [2.75, 3.05) is 5.32 Å². The number of aryl methyl sites for hydroxylation is 2. The predicted molar refractivity (Wildman–Crippen MR) is 112 cm³/mol. The lowest BCUT2D eigenvalue weighted by atomic mass is 9.82. The quantitative estimate of drug-likeness (QED) is 0.654. The number of nitrogens with one attached hydrogen (secondary N) is 1. The number of carbonyl (C=O) groups is 3. The van der Waals surface area contributed by atoms with Crippen LogP contribution in [0.5, 0.6) is 0 Å². The van der Waals surface area contributed by atoms with Gasteiger partial charge < -0.3 is 16.2 Å². The van der Waals surface area contributed by atoms with E-state index in [-0.39, 0.29) is 23.3 Å². The van der Waals surface area contributed by atoms with Gasteiger partial charge in [-0.25, -0.2) is 0 Å². The van der Waals surface area contributed by atoms with Crippen molar-refractivity contribution in [1.82, 2.24) is 0 Å². The highest BCUT2D eigenvalue weighted by molar-refractivity contribution is 7.17. The highest BCUT2D eigenvalue weighted by Gasteiger charge is 2.51. The molecule has 1 aromatic carbocycles. The van der Waals surface area contributed by atoms with E-state index in [0.29, 0.717) is 17.0 Å². The third-order valence-electron chi connectivity index (χ3n) is 5.95. The summed E-state index contributed by atoms with van der Waals surface area (Å²) < 4.78 is 0. The number of carboxylic acid groups (broad SMARTS) is 1. The van der Waals surface area contributed by atoms with Crippen LogP contribution in [0.15, 0.2) is 36.4 Å². The van der Waals surface area contributed by atoms with Crippen LogP contribution in [-0.2, 0) is 9.59 Å². The summed E-state index contributed by atoms with van der Waals surface area (Å²) in [5, 5.41) is 12.8. The topological polar surface area (TPSA) is 109 Å². The maximum atomic E-state index is 13.0. The summed E-state index contributed by atoms with van der Waals surface area (Å²) in [7, 11) is 0. The first-order valence-corrected chi connectivity index (χ1v) is 10.3. The van der Waals surface area contributed by atoms with Gasteiger partial charge in [-0.15, -0.1) is 11.3 Å². The Bertz CT molecular complexity index is 1040. The molecule has 4 rings (SSSR count). The second-order valence-corrected chi connectivity index (χ2v) is 9.02. The molecule has 29 heavy (non-hydrogen) atoms. The lowest BCUT2D eigenvalue weighted by Gasteiger charge is -2.23. The van der Waals surface area contributed by atoms with E-state index in [2.05, 4.69) is 5.32 Å². The van der Waals surface area contributed by atoms with Gasteiger partial charge >= 0.3 is 5.97 Å². The fourth-order valence-electron chi connectivity index (χ4n) is 4.65. The molecule has 1 saturated carbocycles. The highest BCUT2D eigenvalue weighted by atomic mass is 32.1. The van der Waals surface area contributed by atoms with Crippen LogP contribution in [0, 0.1) is 37.5 Å². The zero-order chi connectivity index (χ0) is 20.9. The van der Waals surface area contributed by atoms with E-state index in [4.69, 9.17) is 5.73 Å². The summed E-state index contributed by atoms with van der Waals surface area (Å²) >= 11 is 1.29. The van der Waals surface area contributed by atoms with E-state index in [9.17, 15) is 19.5 Å². The van der Waals surface area contributed by atoms with Crippen molar-refractivity contribution in [3.8, 4) is 11.1 Å². The number of hydrogen-bond acceptors (Lipinski definition) is 4. The Balaban J connectivity index is 1.69. The Hall–Kier alpha value is -2.93. The summed E-state index contributed by atoms with van der Waals surface area (Å²) in [6, 6.07) is 7.75. The van der Waals surface area contributed by atoms with Gasteiger partial charge in [0.2, 0.25) is 5.91 Å². The number of carboxylic acids is 1. The molecule has 150 valence electrons. The first kappa shape index (κ1) is 19.4. The molecular weight excluding hydrogens is 388 g/mol. The summed E-state index contributed by atoms with van der Waals surface area (Å²) in [6.07, 6.45) is 4.50. The van der Waals surface area contributed by atoms with Crippen molar-refractivity contribution in [3.05, 3.63) is 52.4 Å². The molecule has 2 amide bonds. The molecule has 2 aliphatic rings. The van der Waals surface area contributed by atoms with Gasteiger partial charge in [-0.2, -0.15) is 0 Å². The maximum absolute atomic E-state index is 13.0. The van der Waals surface area contributed by atoms with Gasteiger partial charge in [0.1, 0.15) is 5.00 Å². The molecule has 0 unspecified atom stereocenters. The molecule has 1 aromatic heterocycles. The second-order valence-electron chi connectivity index (χ2n) is 7.80. The van der Waals surface area contributed by atoms with E-state index in [0.717, 1.165) is 16.0 Å². The molecule has 1 fully saturated rings. The van der Waals surface area contributed by atoms with Crippen LogP contribution in [-0.4, -0.2) is 22.9 Å². The number of nitrogens with two attached hydrogens (primary N) is 1. The molecule has 2 bridgehead atoms. The number of primary amides is 1. The molecule has 2 aromatic rings. The van der Waals surface area contributed by atoms with Crippen molar-refractivity contribution < 1.29 is 19.5 Å². The van der Waals surface area contributed by atoms with Crippen molar-refractivity contribution in [2.24, 2.45) is 29.4 Å². The summed E-state index contributed by atoms with van der Waals surface area (Å²) in [5.74, 6) is -3.53. The van der Waals surface area contributed by atoms with Crippen molar-refractivity contribution in [2.45, 2.75) is 20.3 Å². The predicted octanol–water partition coefficient (Wildman–Crippen LogP) is 3.59. The molecule has 0 spiro atoms. The maximum Gasteiger partial charge on any atom is 0.307 e. The molecule has 1 heterocycles. The number of aliphatic carboxylic acids is 1. The van der Waals surface area contributed by atoms with Crippen LogP contribution in [0.25, 0.3) is 11.1 Å².